The van der Waals surface area contributed by atoms with Crippen molar-refractivity contribution in [2.24, 2.45) is 10.8 Å². The molecule has 0 heterocycles. The zero-order valence-electron chi connectivity index (χ0n) is 13.3. The van der Waals surface area contributed by atoms with Crippen LogP contribution in [0.25, 0.3) is 0 Å². The van der Waals surface area contributed by atoms with E-state index in [1.807, 2.05) is 0 Å². The molecule has 0 radical (unpaired) electrons. The standard InChI is InChI=1S/C16H25N3O2/c1-15(2)8-11(9-16(3,4)10-15)18-13-7-5-6-12(17)14(13)19(20)21/h5-7,11,18H,8-10,17H2,1-4H3. The Morgan fingerprint density at radius 3 is 2.33 bits per heavy atom. The molecule has 1 aromatic carbocycles. The lowest BCUT2D eigenvalue weighted by molar-refractivity contribution is -0.383. The molecule has 0 aromatic heterocycles. The summed E-state index contributed by atoms with van der Waals surface area (Å²) in [6.07, 6.45) is 3.17. The van der Waals surface area contributed by atoms with E-state index in [1.54, 1.807) is 18.2 Å². The number of benzene rings is 1. The number of rotatable bonds is 3. The van der Waals surface area contributed by atoms with Gasteiger partial charge in [-0.2, -0.15) is 0 Å². The van der Waals surface area contributed by atoms with Crippen LogP contribution < -0.4 is 11.1 Å². The predicted octanol–water partition coefficient (Wildman–Crippen LogP) is 4.19. The first kappa shape index (κ1) is 15.6. The minimum Gasteiger partial charge on any atom is -0.393 e. The second-order valence-corrected chi connectivity index (χ2v) is 7.76. The van der Waals surface area contributed by atoms with Gasteiger partial charge in [0.1, 0.15) is 11.4 Å². The van der Waals surface area contributed by atoms with Crippen molar-refractivity contribution in [3.05, 3.63) is 28.3 Å². The van der Waals surface area contributed by atoms with Gasteiger partial charge in [-0.25, -0.2) is 0 Å². The summed E-state index contributed by atoms with van der Waals surface area (Å²) in [5.74, 6) is 0. The van der Waals surface area contributed by atoms with Crippen LogP contribution in [-0.4, -0.2) is 11.0 Å². The second-order valence-electron chi connectivity index (χ2n) is 7.76. The van der Waals surface area contributed by atoms with Gasteiger partial charge in [0, 0.05) is 6.04 Å². The Kier molecular flexibility index (Phi) is 3.87. The summed E-state index contributed by atoms with van der Waals surface area (Å²) in [7, 11) is 0. The summed E-state index contributed by atoms with van der Waals surface area (Å²) < 4.78 is 0. The zero-order chi connectivity index (χ0) is 15.8. The smallest absolute Gasteiger partial charge is 0.314 e. The van der Waals surface area contributed by atoms with Crippen molar-refractivity contribution in [1.82, 2.24) is 0 Å². The van der Waals surface area contributed by atoms with Crippen LogP contribution in [0.5, 0.6) is 0 Å². The van der Waals surface area contributed by atoms with E-state index in [2.05, 4.69) is 33.0 Å². The third kappa shape index (κ3) is 3.65. The number of nitro benzene ring substituents is 1. The molecule has 5 heteroatoms. The van der Waals surface area contributed by atoms with Crippen LogP contribution in [0.4, 0.5) is 17.1 Å². The largest absolute Gasteiger partial charge is 0.393 e. The van der Waals surface area contributed by atoms with E-state index in [-0.39, 0.29) is 28.2 Å². The van der Waals surface area contributed by atoms with Crippen molar-refractivity contribution >= 4 is 17.1 Å². The molecule has 0 saturated heterocycles. The highest BCUT2D eigenvalue weighted by molar-refractivity contribution is 5.74. The number of nitrogens with one attached hydrogen (secondary N) is 1. The fourth-order valence-corrected chi connectivity index (χ4v) is 4.05. The molecule has 2 rings (SSSR count). The summed E-state index contributed by atoms with van der Waals surface area (Å²) in [5, 5.41) is 14.6. The number of nitrogens with two attached hydrogens (primary N) is 1. The maximum absolute atomic E-state index is 11.2. The first-order valence-corrected chi connectivity index (χ1v) is 7.39. The molecule has 0 atom stereocenters. The highest BCUT2D eigenvalue weighted by Crippen LogP contribution is 2.47. The molecule has 5 nitrogen and oxygen atoms in total. The van der Waals surface area contributed by atoms with Gasteiger partial charge in [0.05, 0.1) is 4.92 Å². The average Bonchev–Trinajstić information content (AvgIpc) is 2.23. The lowest BCUT2D eigenvalue weighted by Crippen LogP contribution is -2.40. The second kappa shape index (κ2) is 5.20. The Labute approximate surface area is 126 Å². The summed E-state index contributed by atoms with van der Waals surface area (Å²) in [6.45, 7) is 9.04. The van der Waals surface area contributed by atoms with Gasteiger partial charge in [0.25, 0.3) is 0 Å². The molecule has 1 fully saturated rings. The number of nitro groups is 1. The van der Waals surface area contributed by atoms with E-state index in [0.29, 0.717) is 5.69 Å². The maximum atomic E-state index is 11.2. The highest BCUT2D eigenvalue weighted by atomic mass is 16.6. The van der Waals surface area contributed by atoms with Crippen LogP contribution >= 0.6 is 0 Å². The monoisotopic (exact) mass is 291 g/mol. The SMILES string of the molecule is CC1(C)CC(Nc2cccc(N)c2[N+](=O)[O-])CC(C)(C)C1. The van der Waals surface area contributed by atoms with Crippen LogP contribution in [-0.2, 0) is 0 Å². The molecule has 1 aliphatic rings. The first-order chi connectivity index (χ1) is 9.60. The van der Waals surface area contributed by atoms with Gasteiger partial charge in [-0.05, 0) is 42.2 Å². The molecule has 116 valence electrons. The topological polar surface area (TPSA) is 81.2 Å². The number of anilines is 2. The molecule has 0 aliphatic heterocycles. The highest BCUT2D eigenvalue weighted by Gasteiger charge is 2.38. The van der Waals surface area contributed by atoms with E-state index in [9.17, 15) is 10.1 Å². The lowest BCUT2D eigenvalue weighted by Gasteiger charge is -2.45. The van der Waals surface area contributed by atoms with Crippen molar-refractivity contribution in [3.63, 3.8) is 0 Å². The van der Waals surface area contributed by atoms with Crippen molar-refractivity contribution in [2.75, 3.05) is 11.1 Å². The van der Waals surface area contributed by atoms with Gasteiger partial charge in [-0.3, -0.25) is 10.1 Å². The quantitative estimate of drug-likeness (QED) is 0.497. The molecule has 0 bridgehead atoms. The number of para-hydroxylation sites is 1. The third-order valence-corrected chi connectivity index (χ3v) is 4.16. The number of nitrogen functional groups attached to an aromatic ring is 1. The molecule has 1 saturated carbocycles. The number of hydrogen-bond acceptors (Lipinski definition) is 4. The number of nitrogens with zero attached hydrogens (tertiary/aromatic N) is 1. The minimum absolute atomic E-state index is 0.0151. The fourth-order valence-electron chi connectivity index (χ4n) is 4.05. The average molecular weight is 291 g/mol. The van der Waals surface area contributed by atoms with Crippen LogP contribution in [0.2, 0.25) is 0 Å². The molecule has 1 aromatic rings. The van der Waals surface area contributed by atoms with Gasteiger partial charge in [0.15, 0.2) is 0 Å². The van der Waals surface area contributed by atoms with Crippen LogP contribution in [0.15, 0.2) is 18.2 Å². The van der Waals surface area contributed by atoms with Gasteiger partial charge < -0.3 is 11.1 Å². The van der Waals surface area contributed by atoms with Gasteiger partial charge in [0.2, 0.25) is 0 Å². The molecular formula is C16H25N3O2. The summed E-state index contributed by atoms with van der Waals surface area (Å²) >= 11 is 0. The Morgan fingerprint density at radius 2 is 1.81 bits per heavy atom. The molecule has 0 amide bonds. The Hall–Kier alpha value is -1.78. The minimum atomic E-state index is -0.406. The lowest BCUT2D eigenvalue weighted by atomic mass is 9.63. The summed E-state index contributed by atoms with van der Waals surface area (Å²) in [5.41, 5.74) is 6.93. The number of hydrogen-bond donors (Lipinski definition) is 2. The molecule has 21 heavy (non-hydrogen) atoms. The molecule has 0 unspecified atom stereocenters. The Balaban J connectivity index is 2.26. The van der Waals surface area contributed by atoms with Crippen molar-refractivity contribution in [2.45, 2.75) is 53.0 Å². The van der Waals surface area contributed by atoms with E-state index in [4.69, 9.17) is 5.73 Å². The van der Waals surface area contributed by atoms with E-state index < -0.39 is 4.92 Å². The molecule has 1 aliphatic carbocycles. The van der Waals surface area contributed by atoms with Crippen LogP contribution in [0.1, 0.15) is 47.0 Å². The molecular weight excluding hydrogens is 266 g/mol. The van der Waals surface area contributed by atoms with Crippen molar-refractivity contribution in [1.29, 1.82) is 0 Å². The molecule has 3 N–H and O–H groups in total. The van der Waals surface area contributed by atoms with Gasteiger partial charge in [-0.15, -0.1) is 0 Å². The Bertz CT molecular complexity index is 536. The van der Waals surface area contributed by atoms with Crippen molar-refractivity contribution in [3.8, 4) is 0 Å². The van der Waals surface area contributed by atoms with Crippen LogP contribution in [0.3, 0.4) is 0 Å². The van der Waals surface area contributed by atoms with E-state index in [1.165, 1.54) is 0 Å². The molecule has 0 spiro atoms. The summed E-state index contributed by atoms with van der Waals surface area (Å²) in [4.78, 5) is 10.8. The van der Waals surface area contributed by atoms with Crippen molar-refractivity contribution < 1.29 is 4.92 Å². The predicted molar refractivity (Wildman–Crippen MR) is 86.3 cm³/mol. The van der Waals surface area contributed by atoms with Gasteiger partial charge in [-0.1, -0.05) is 33.8 Å². The Morgan fingerprint density at radius 1 is 1.24 bits per heavy atom. The van der Waals surface area contributed by atoms with Crippen LogP contribution in [0, 0.1) is 20.9 Å². The zero-order valence-corrected chi connectivity index (χ0v) is 13.3. The summed E-state index contributed by atoms with van der Waals surface area (Å²) in [6, 6.07) is 5.29. The normalized spacial score (nSPS) is 21.0. The van der Waals surface area contributed by atoms with E-state index in [0.717, 1.165) is 19.3 Å². The third-order valence-electron chi connectivity index (χ3n) is 4.16. The fraction of sp³-hybridized carbons (Fsp3) is 0.625. The first-order valence-electron chi connectivity index (χ1n) is 7.39. The van der Waals surface area contributed by atoms with E-state index >= 15 is 0 Å². The van der Waals surface area contributed by atoms with Gasteiger partial charge >= 0.3 is 5.69 Å². The maximum Gasteiger partial charge on any atom is 0.314 e.